The van der Waals surface area contributed by atoms with Gasteiger partial charge < -0.3 is 40.2 Å². The molecule has 0 radical (unpaired) electrons. The summed E-state index contributed by atoms with van der Waals surface area (Å²) >= 11 is 0. The van der Waals surface area contributed by atoms with Gasteiger partial charge in [0.2, 0.25) is 11.9 Å². The van der Waals surface area contributed by atoms with Crippen molar-refractivity contribution >= 4 is 29.9 Å². The van der Waals surface area contributed by atoms with Crippen LogP contribution >= 0.6 is 0 Å². The van der Waals surface area contributed by atoms with E-state index < -0.39 is 115 Å². The fraction of sp³-hybridized carbons (Fsp3) is 0.528. The van der Waals surface area contributed by atoms with Gasteiger partial charge in [-0.1, -0.05) is 44.7 Å². The zero-order valence-corrected chi connectivity index (χ0v) is 44.3. The number of anilines is 1. The largest absolute Gasteiger partial charge is 0.453 e. The number of nitrogens with zero attached hydrogens (tertiary/aromatic N) is 6. The van der Waals surface area contributed by atoms with Crippen molar-refractivity contribution in [1.29, 1.82) is 0 Å². The Kier molecular flexibility index (Phi) is 19.1. The van der Waals surface area contributed by atoms with Crippen molar-refractivity contribution in [1.82, 2.24) is 51.5 Å². The van der Waals surface area contributed by atoms with Gasteiger partial charge in [0, 0.05) is 73.4 Å². The maximum Gasteiger partial charge on any atom is 0.407 e. The van der Waals surface area contributed by atoms with Gasteiger partial charge in [-0.2, -0.15) is 18.3 Å². The monoisotopic (exact) mass is 1120 g/mol. The van der Waals surface area contributed by atoms with Crippen LogP contribution in [0.25, 0.3) is 11.3 Å². The third-order valence-corrected chi connectivity index (χ3v) is 14.1. The molecule has 4 amide bonds. The van der Waals surface area contributed by atoms with Gasteiger partial charge in [-0.3, -0.25) is 24.6 Å². The first kappa shape index (κ1) is 59.6. The summed E-state index contributed by atoms with van der Waals surface area (Å²) in [7, 11) is 1.11. The molecule has 2 bridgehead atoms. The number of alkyl carbamates (subject to hydrolysis) is 2. The van der Waals surface area contributed by atoms with Crippen LogP contribution < -0.4 is 31.7 Å². The topological polar surface area (TPSA) is 226 Å². The van der Waals surface area contributed by atoms with Crippen LogP contribution in [-0.2, 0) is 43.2 Å². The number of methoxy groups -OCH3 is 1. The molecule has 79 heavy (non-hydrogen) atoms. The number of piperazine rings is 1. The number of hydrogen-bond acceptors (Lipinski definition) is 14. The Hall–Kier alpha value is -7.08. The van der Waals surface area contributed by atoms with E-state index in [1.54, 1.807) is 57.4 Å². The van der Waals surface area contributed by atoms with Gasteiger partial charge in [0.1, 0.15) is 30.3 Å². The first-order valence-electron chi connectivity index (χ1n) is 25.5. The second-order valence-corrected chi connectivity index (χ2v) is 21.3. The van der Waals surface area contributed by atoms with Crippen molar-refractivity contribution in [2.75, 3.05) is 51.5 Å². The van der Waals surface area contributed by atoms with Gasteiger partial charge in [0.25, 0.3) is 12.3 Å². The van der Waals surface area contributed by atoms with E-state index in [9.17, 15) is 46.2 Å². The zero-order valence-electron chi connectivity index (χ0n) is 44.3. The number of aliphatic hydroxyl groups is 1. The molecule has 428 valence electrons. The van der Waals surface area contributed by atoms with Crippen molar-refractivity contribution in [3.8, 4) is 23.1 Å². The molecule has 3 aliphatic heterocycles. The molecule has 0 spiro atoms. The number of nitrogens with one attached hydrogen (secondary N) is 5. The number of carbonyl (C=O) groups is 4. The van der Waals surface area contributed by atoms with E-state index in [0.717, 1.165) is 63.1 Å². The van der Waals surface area contributed by atoms with Crippen molar-refractivity contribution in [3.05, 3.63) is 94.9 Å². The van der Waals surface area contributed by atoms with Crippen molar-refractivity contribution in [2.24, 2.45) is 10.8 Å². The molecule has 2 unspecified atom stereocenters. The summed E-state index contributed by atoms with van der Waals surface area (Å²) < 4.78 is 116. The molecule has 3 fully saturated rings. The molecule has 2 aromatic carbocycles. The van der Waals surface area contributed by atoms with Crippen molar-refractivity contribution in [3.63, 3.8) is 0 Å². The van der Waals surface area contributed by atoms with E-state index in [0.29, 0.717) is 54.6 Å². The highest BCUT2D eigenvalue weighted by Gasteiger charge is 2.56. The molecule has 3 aliphatic rings. The second-order valence-electron chi connectivity index (χ2n) is 21.3. The molecule has 4 aromatic rings. The maximum atomic E-state index is 15.2. The first-order chi connectivity index (χ1) is 37.3. The SMILES string of the molecule is COC(=O)N[C@H](C(=O)NNC[C@H](O)[C@H](Cc1ccc(C#Cc2cnc(N3CC4CCC(C3)N4C3COC3)nc2)cc1)NC(=O)[C@@H](NC(=O)OCCc1c(F)cc(-c2ccn(CC(F)F)n2)cc1F)C(C)(C)C(F)(F)F)C(C)(C)C. The average molecular weight is 1120 g/mol. The van der Waals surface area contributed by atoms with Gasteiger partial charge in [0.15, 0.2) is 0 Å². The maximum absolute atomic E-state index is 15.2. The molecule has 0 saturated carbocycles. The Labute approximate surface area is 451 Å². The van der Waals surface area contributed by atoms with Gasteiger partial charge in [-0.15, -0.1) is 0 Å². The number of rotatable bonds is 20. The van der Waals surface area contributed by atoms with Crippen LogP contribution in [0.5, 0.6) is 0 Å². The number of alkyl halides is 5. The number of fused-ring (bicyclic) bond motifs is 2. The van der Waals surface area contributed by atoms with Crippen LogP contribution in [0.2, 0.25) is 0 Å². The summed E-state index contributed by atoms with van der Waals surface area (Å²) in [6.07, 6.45) is -6.08. The predicted molar refractivity (Wildman–Crippen MR) is 272 cm³/mol. The highest BCUT2D eigenvalue weighted by Crippen LogP contribution is 2.41. The predicted octanol–water partition coefficient (Wildman–Crippen LogP) is 5.04. The lowest BCUT2D eigenvalue weighted by Gasteiger charge is -2.47. The molecule has 5 heterocycles. The molecule has 6 atom stereocenters. The normalized spacial score (nSPS) is 18.3. The van der Waals surface area contributed by atoms with Gasteiger partial charge in [-0.05, 0) is 74.4 Å². The molecule has 26 heteroatoms. The summed E-state index contributed by atoms with van der Waals surface area (Å²) in [5.74, 6) is 2.31. The zero-order chi connectivity index (χ0) is 57.4. The summed E-state index contributed by atoms with van der Waals surface area (Å²) in [5, 5.41) is 22.2. The van der Waals surface area contributed by atoms with Crippen LogP contribution in [0, 0.1) is 34.3 Å². The minimum Gasteiger partial charge on any atom is -0.453 e. The molecule has 3 saturated heterocycles. The third-order valence-electron chi connectivity index (χ3n) is 14.1. The quantitative estimate of drug-likeness (QED) is 0.0388. The highest BCUT2D eigenvalue weighted by atomic mass is 19.4. The summed E-state index contributed by atoms with van der Waals surface area (Å²) in [4.78, 5) is 66.5. The third kappa shape index (κ3) is 15.2. The lowest BCUT2D eigenvalue weighted by molar-refractivity contribution is -0.220. The van der Waals surface area contributed by atoms with Crippen molar-refractivity contribution < 1.29 is 69.2 Å². The lowest BCUT2D eigenvalue weighted by atomic mass is 9.82. The number of aliphatic hydroxyl groups excluding tert-OH is 1. The summed E-state index contributed by atoms with van der Waals surface area (Å²) in [6, 6.07) is 5.91. The van der Waals surface area contributed by atoms with E-state index in [2.05, 4.69) is 62.9 Å². The standard InChI is InChI=1S/C53H64F7N11O8/c1-51(2,3)44(65-49(75)77-6)47(74)67-63-24-42(72)41(19-31-10-7-30(8-11-31)9-12-32-22-61-48(62-23-32)69-25-34-13-14-35(26-69)71(34)36-28-78-29-36)64-46(73)45(52(4,5)53(58,59)60)66-50(76)79-18-16-37-38(54)20-33(21-39(37)55)40-15-17-70(68-40)27-43(56)57/h7-8,10-11,15,17,20-23,34-36,41-45,63,72H,13-14,16,18-19,24-29H2,1-6H3,(H,64,73)(H,65,75)(H,66,76)(H,67,74)/t34?,35?,41-,42-,44+,45+/m0/s1. The van der Waals surface area contributed by atoms with E-state index in [1.165, 1.54) is 12.3 Å². The minimum atomic E-state index is -5.14. The summed E-state index contributed by atoms with van der Waals surface area (Å²) in [5.41, 5.74) is 1.99. The van der Waals surface area contributed by atoms with Gasteiger partial charge in [0.05, 0.1) is 61.8 Å². The van der Waals surface area contributed by atoms with E-state index in [-0.39, 0.29) is 17.7 Å². The number of aromatic nitrogens is 4. The first-order valence-corrected chi connectivity index (χ1v) is 25.5. The van der Waals surface area contributed by atoms with Crippen LogP contribution in [0.15, 0.2) is 61.1 Å². The lowest BCUT2D eigenvalue weighted by Crippen LogP contribution is -2.62. The number of ether oxygens (including phenoxy) is 3. The fourth-order valence-corrected chi connectivity index (χ4v) is 9.51. The number of carbonyl (C=O) groups excluding carboxylic acids is 4. The number of amides is 4. The van der Waals surface area contributed by atoms with E-state index >= 15 is 8.78 Å². The van der Waals surface area contributed by atoms with Gasteiger partial charge in [-0.25, -0.2) is 42.5 Å². The molecule has 6 N–H and O–H groups in total. The molecule has 7 rings (SSSR count). The summed E-state index contributed by atoms with van der Waals surface area (Å²) in [6.45, 7) is 7.44. The van der Waals surface area contributed by atoms with Crippen LogP contribution in [0.1, 0.15) is 69.7 Å². The molecular formula is C53H64F7N11O8. The van der Waals surface area contributed by atoms with Gasteiger partial charge >= 0.3 is 18.4 Å². The minimum absolute atomic E-state index is 0.00639. The fourth-order valence-electron chi connectivity index (χ4n) is 9.51. The Balaban J connectivity index is 1.03. The second kappa shape index (κ2) is 25.4. The smallest absolute Gasteiger partial charge is 0.407 e. The highest BCUT2D eigenvalue weighted by molar-refractivity contribution is 5.87. The van der Waals surface area contributed by atoms with E-state index in [4.69, 9.17) is 9.47 Å². The molecule has 19 nitrogen and oxygen atoms in total. The average Bonchev–Trinajstić information content (AvgIpc) is 4.05. The Morgan fingerprint density at radius 1 is 0.835 bits per heavy atom. The molecule has 2 aromatic heterocycles. The number of hydrazine groups is 1. The molecular weight excluding hydrogens is 1050 g/mol. The molecule has 0 aliphatic carbocycles. The van der Waals surface area contributed by atoms with Crippen LogP contribution in [-0.4, -0.2) is 155 Å². The Morgan fingerprint density at radius 3 is 2.03 bits per heavy atom. The van der Waals surface area contributed by atoms with Crippen molar-refractivity contribution in [2.45, 2.75) is 122 Å². The number of hydrogen-bond donors (Lipinski definition) is 6. The number of halogens is 7. The van der Waals surface area contributed by atoms with Crippen LogP contribution in [0.3, 0.4) is 0 Å². The Bertz CT molecular complexity index is 2800. The van der Waals surface area contributed by atoms with E-state index in [1.807, 2.05) is 5.32 Å². The number of benzene rings is 2. The van der Waals surface area contributed by atoms with Crippen LogP contribution in [0.4, 0.5) is 46.3 Å². The Morgan fingerprint density at radius 2 is 1.46 bits per heavy atom.